The molecule has 0 saturated heterocycles. The smallest absolute Gasteiger partial charge is 0.306 e. The number of aryl methyl sites for hydroxylation is 1. The van der Waals surface area contributed by atoms with Gasteiger partial charge in [-0.2, -0.15) is 0 Å². The molecule has 0 unspecified atom stereocenters. The van der Waals surface area contributed by atoms with Crippen LogP contribution in [0.1, 0.15) is 32.8 Å². The van der Waals surface area contributed by atoms with Gasteiger partial charge in [-0.3, -0.25) is 9.59 Å². The number of rotatable bonds is 4. The Morgan fingerprint density at radius 2 is 1.86 bits per heavy atom. The zero-order valence-electron chi connectivity index (χ0n) is 12.5. The maximum Gasteiger partial charge on any atom is 0.306 e. The van der Waals surface area contributed by atoms with E-state index in [0.29, 0.717) is 15.7 Å². The standard InChI is InChI=1S/C15H19Cl2NO3/c1-9-5-6-10(16)14(13(9)17)18-11(19)8-21-12(20)7-15(2,3)4/h5-6H,7-8H2,1-4H3,(H,18,19). The Labute approximate surface area is 134 Å². The molecule has 116 valence electrons. The summed E-state index contributed by atoms with van der Waals surface area (Å²) in [4.78, 5) is 23.3. The van der Waals surface area contributed by atoms with Crippen molar-refractivity contribution in [3.63, 3.8) is 0 Å². The van der Waals surface area contributed by atoms with E-state index in [0.717, 1.165) is 5.56 Å². The highest BCUT2D eigenvalue weighted by Crippen LogP contribution is 2.32. The summed E-state index contributed by atoms with van der Waals surface area (Å²) in [5.74, 6) is -0.897. The zero-order valence-corrected chi connectivity index (χ0v) is 14.1. The van der Waals surface area contributed by atoms with Crippen LogP contribution in [0.3, 0.4) is 0 Å². The number of anilines is 1. The van der Waals surface area contributed by atoms with Crippen molar-refractivity contribution in [1.82, 2.24) is 0 Å². The van der Waals surface area contributed by atoms with Gasteiger partial charge in [0.25, 0.3) is 5.91 Å². The number of halogens is 2. The van der Waals surface area contributed by atoms with Crippen molar-refractivity contribution >= 4 is 40.8 Å². The van der Waals surface area contributed by atoms with Crippen LogP contribution in [-0.2, 0) is 14.3 Å². The lowest BCUT2D eigenvalue weighted by Crippen LogP contribution is -2.23. The molecular formula is C15H19Cl2NO3. The second-order valence-electron chi connectivity index (χ2n) is 6.00. The van der Waals surface area contributed by atoms with Crippen LogP contribution in [0.2, 0.25) is 10.0 Å². The van der Waals surface area contributed by atoms with E-state index < -0.39 is 11.9 Å². The second-order valence-corrected chi connectivity index (χ2v) is 6.78. The highest BCUT2D eigenvalue weighted by molar-refractivity contribution is 6.40. The van der Waals surface area contributed by atoms with Gasteiger partial charge in [-0.25, -0.2) is 0 Å². The monoisotopic (exact) mass is 331 g/mol. The predicted molar refractivity (Wildman–Crippen MR) is 84.9 cm³/mol. The number of amides is 1. The second kappa shape index (κ2) is 7.14. The van der Waals surface area contributed by atoms with E-state index in [2.05, 4.69) is 5.32 Å². The van der Waals surface area contributed by atoms with Crippen LogP contribution < -0.4 is 5.32 Å². The normalized spacial score (nSPS) is 11.1. The molecule has 21 heavy (non-hydrogen) atoms. The Morgan fingerprint density at radius 3 is 2.43 bits per heavy atom. The van der Waals surface area contributed by atoms with Gasteiger partial charge in [0.1, 0.15) is 0 Å². The number of ether oxygens (including phenoxy) is 1. The zero-order chi connectivity index (χ0) is 16.2. The molecule has 0 heterocycles. The maximum absolute atomic E-state index is 11.8. The van der Waals surface area contributed by atoms with Crippen molar-refractivity contribution < 1.29 is 14.3 Å². The molecule has 0 radical (unpaired) electrons. The number of carbonyl (C=O) groups excluding carboxylic acids is 2. The van der Waals surface area contributed by atoms with Crippen molar-refractivity contribution in [2.75, 3.05) is 11.9 Å². The molecule has 0 aliphatic heterocycles. The van der Waals surface area contributed by atoms with Gasteiger partial charge >= 0.3 is 5.97 Å². The minimum Gasteiger partial charge on any atom is -0.456 e. The molecule has 0 aliphatic carbocycles. The summed E-state index contributed by atoms with van der Waals surface area (Å²) in [7, 11) is 0. The van der Waals surface area contributed by atoms with E-state index in [-0.39, 0.29) is 18.4 Å². The number of esters is 1. The van der Waals surface area contributed by atoms with E-state index in [9.17, 15) is 9.59 Å². The van der Waals surface area contributed by atoms with E-state index in [1.54, 1.807) is 19.1 Å². The number of benzene rings is 1. The summed E-state index contributed by atoms with van der Waals surface area (Å²) in [6, 6.07) is 3.40. The highest BCUT2D eigenvalue weighted by atomic mass is 35.5. The first-order chi connectivity index (χ1) is 9.60. The minimum absolute atomic E-state index is 0.184. The van der Waals surface area contributed by atoms with Gasteiger partial charge in [0.05, 0.1) is 22.2 Å². The van der Waals surface area contributed by atoms with Gasteiger partial charge in [0.2, 0.25) is 0 Å². The number of hydrogen-bond acceptors (Lipinski definition) is 3. The van der Waals surface area contributed by atoms with Crippen LogP contribution in [-0.4, -0.2) is 18.5 Å². The summed E-state index contributed by atoms with van der Waals surface area (Å²) in [5.41, 5.74) is 0.938. The maximum atomic E-state index is 11.8. The average molecular weight is 332 g/mol. The molecule has 0 fully saturated rings. The summed E-state index contributed by atoms with van der Waals surface area (Å²) >= 11 is 12.1. The van der Waals surface area contributed by atoms with Gasteiger partial charge in [-0.05, 0) is 24.0 Å². The molecule has 1 N–H and O–H groups in total. The predicted octanol–water partition coefficient (Wildman–Crippen LogP) is 4.22. The quantitative estimate of drug-likeness (QED) is 0.840. The Kier molecular flexibility index (Phi) is 6.05. The lowest BCUT2D eigenvalue weighted by atomic mass is 9.92. The van der Waals surface area contributed by atoms with Gasteiger partial charge < -0.3 is 10.1 Å². The van der Waals surface area contributed by atoms with E-state index >= 15 is 0 Å². The lowest BCUT2D eigenvalue weighted by molar-refractivity contribution is -0.149. The first kappa shape index (κ1) is 17.8. The van der Waals surface area contributed by atoms with Crippen molar-refractivity contribution in [1.29, 1.82) is 0 Å². The summed E-state index contributed by atoms with van der Waals surface area (Å²) < 4.78 is 4.92. The number of nitrogens with one attached hydrogen (secondary N) is 1. The van der Waals surface area contributed by atoms with Crippen molar-refractivity contribution in [3.8, 4) is 0 Å². The van der Waals surface area contributed by atoms with E-state index in [1.807, 2.05) is 20.8 Å². The Morgan fingerprint density at radius 1 is 1.24 bits per heavy atom. The summed E-state index contributed by atoms with van der Waals surface area (Å²) in [5, 5.41) is 3.26. The third-order valence-corrected chi connectivity index (χ3v) is 3.39. The molecule has 0 atom stereocenters. The highest BCUT2D eigenvalue weighted by Gasteiger charge is 2.18. The molecule has 1 aromatic carbocycles. The van der Waals surface area contributed by atoms with Crippen LogP contribution in [0.15, 0.2) is 12.1 Å². The Balaban J connectivity index is 2.60. The summed E-state index contributed by atoms with van der Waals surface area (Å²) in [6.07, 6.45) is 0.242. The summed E-state index contributed by atoms with van der Waals surface area (Å²) in [6.45, 7) is 7.19. The number of carbonyl (C=O) groups is 2. The lowest BCUT2D eigenvalue weighted by Gasteiger charge is -2.16. The van der Waals surface area contributed by atoms with E-state index in [1.165, 1.54) is 0 Å². The topological polar surface area (TPSA) is 55.4 Å². The molecule has 1 rings (SSSR count). The fraction of sp³-hybridized carbons (Fsp3) is 0.467. The average Bonchev–Trinajstić information content (AvgIpc) is 2.35. The third kappa shape index (κ3) is 5.94. The van der Waals surface area contributed by atoms with Crippen LogP contribution >= 0.6 is 23.2 Å². The third-order valence-electron chi connectivity index (χ3n) is 2.59. The molecule has 1 aromatic rings. The molecule has 0 saturated carbocycles. The molecule has 1 amide bonds. The van der Waals surface area contributed by atoms with Gasteiger partial charge in [0.15, 0.2) is 6.61 Å². The van der Waals surface area contributed by atoms with Gasteiger partial charge in [-0.15, -0.1) is 0 Å². The Hall–Kier alpha value is -1.26. The van der Waals surface area contributed by atoms with Gasteiger partial charge in [-0.1, -0.05) is 50.0 Å². The first-order valence-electron chi connectivity index (χ1n) is 6.50. The molecule has 6 heteroatoms. The molecule has 0 bridgehead atoms. The fourth-order valence-corrected chi connectivity index (χ4v) is 2.04. The van der Waals surface area contributed by atoms with Crippen molar-refractivity contribution in [2.45, 2.75) is 34.1 Å². The van der Waals surface area contributed by atoms with Crippen LogP contribution in [0, 0.1) is 12.3 Å². The molecule has 0 aliphatic rings. The largest absolute Gasteiger partial charge is 0.456 e. The van der Waals surface area contributed by atoms with Gasteiger partial charge in [0, 0.05) is 0 Å². The molecule has 0 spiro atoms. The number of hydrogen-bond donors (Lipinski definition) is 1. The minimum atomic E-state index is -0.480. The Bertz CT molecular complexity index is 551. The van der Waals surface area contributed by atoms with E-state index in [4.69, 9.17) is 27.9 Å². The van der Waals surface area contributed by atoms with Crippen molar-refractivity contribution in [3.05, 3.63) is 27.7 Å². The van der Waals surface area contributed by atoms with Crippen LogP contribution in [0.4, 0.5) is 5.69 Å². The SMILES string of the molecule is Cc1ccc(Cl)c(NC(=O)COC(=O)CC(C)(C)C)c1Cl. The fourth-order valence-electron chi connectivity index (χ4n) is 1.58. The molecule has 0 aromatic heterocycles. The van der Waals surface area contributed by atoms with Crippen LogP contribution in [0.25, 0.3) is 0 Å². The van der Waals surface area contributed by atoms with Crippen molar-refractivity contribution in [2.24, 2.45) is 5.41 Å². The molecule has 4 nitrogen and oxygen atoms in total. The first-order valence-corrected chi connectivity index (χ1v) is 7.26. The molecular weight excluding hydrogens is 313 g/mol. The van der Waals surface area contributed by atoms with Crippen LogP contribution in [0.5, 0.6) is 0 Å².